The van der Waals surface area contributed by atoms with Gasteiger partial charge in [0.25, 0.3) is 0 Å². The predicted octanol–water partition coefficient (Wildman–Crippen LogP) is 5.48. The highest BCUT2D eigenvalue weighted by Crippen LogP contribution is 2.67. The summed E-state index contributed by atoms with van der Waals surface area (Å²) < 4.78 is 0. The van der Waals surface area contributed by atoms with Crippen molar-refractivity contribution in [1.29, 1.82) is 0 Å². The lowest BCUT2D eigenvalue weighted by molar-refractivity contribution is -0.148. The van der Waals surface area contributed by atoms with Crippen LogP contribution in [0.1, 0.15) is 70.8 Å². The summed E-state index contributed by atoms with van der Waals surface area (Å²) in [5.41, 5.74) is 3.48. The van der Waals surface area contributed by atoms with Crippen molar-refractivity contribution in [1.82, 2.24) is 4.98 Å². The first-order chi connectivity index (χ1) is 12.5. The van der Waals surface area contributed by atoms with Crippen LogP contribution in [0.15, 0.2) is 30.6 Å². The average molecular weight is 352 g/mol. The molecule has 1 aromatic heterocycles. The second kappa shape index (κ2) is 5.92. The molecular weight excluding hydrogens is 318 g/mol. The van der Waals surface area contributed by atoms with Gasteiger partial charge in [-0.2, -0.15) is 0 Å². The van der Waals surface area contributed by atoms with Crippen LogP contribution in [0, 0.1) is 34.5 Å². The molecule has 0 radical (unpaired) electrons. The first-order valence-corrected chi connectivity index (χ1v) is 10.8. The number of aliphatic hydroxyl groups excluding tert-OH is 1. The Hall–Kier alpha value is -1.15. The lowest BCUT2D eigenvalue weighted by Crippen LogP contribution is -2.56. The SMILES string of the molecule is CC12CCC3C(CC(O)C4CCCCC43C)C1CC=C2c1cccnc1. The number of pyridine rings is 1. The van der Waals surface area contributed by atoms with Crippen LogP contribution in [0.25, 0.3) is 5.57 Å². The fourth-order valence-electron chi connectivity index (χ4n) is 7.89. The van der Waals surface area contributed by atoms with Gasteiger partial charge in [-0.3, -0.25) is 4.98 Å². The zero-order valence-electron chi connectivity index (χ0n) is 16.3. The first kappa shape index (κ1) is 17.0. The highest BCUT2D eigenvalue weighted by Gasteiger charge is 2.60. The lowest BCUT2D eigenvalue weighted by Gasteiger charge is -2.61. The Morgan fingerprint density at radius 3 is 2.77 bits per heavy atom. The average Bonchev–Trinajstić information content (AvgIpc) is 3.00. The van der Waals surface area contributed by atoms with Crippen molar-refractivity contribution in [2.45, 2.75) is 71.3 Å². The molecule has 5 rings (SSSR count). The van der Waals surface area contributed by atoms with E-state index < -0.39 is 0 Å². The second-order valence-electron chi connectivity index (χ2n) is 10.1. The summed E-state index contributed by atoms with van der Waals surface area (Å²) in [7, 11) is 0. The van der Waals surface area contributed by atoms with Crippen molar-refractivity contribution in [2.24, 2.45) is 34.5 Å². The molecule has 0 spiro atoms. The predicted molar refractivity (Wildman–Crippen MR) is 105 cm³/mol. The zero-order chi connectivity index (χ0) is 17.9. The lowest BCUT2D eigenvalue weighted by atomic mass is 9.44. The van der Waals surface area contributed by atoms with Crippen LogP contribution in [0.5, 0.6) is 0 Å². The largest absolute Gasteiger partial charge is 0.393 e. The fraction of sp³-hybridized carbons (Fsp3) is 0.708. The van der Waals surface area contributed by atoms with E-state index in [4.69, 9.17) is 0 Å². The number of aromatic nitrogens is 1. The molecule has 26 heavy (non-hydrogen) atoms. The topological polar surface area (TPSA) is 33.1 Å². The molecule has 0 aliphatic heterocycles. The van der Waals surface area contributed by atoms with Gasteiger partial charge in [0.1, 0.15) is 0 Å². The third-order valence-electron chi connectivity index (χ3n) is 9.14. The van der Waals surface area contributed by atoms with E-state index in [0.29, 0.717) is 23.2 Å². The highest BCUT2D eigenvalue weighted by atomic mass is 16.3. The molecule has 0 bridgehead atoms. The van der Waals surface area contributed by atoms with E-state index in [1.807, 2.05) is 12.4 Å². The standard InChI is InChI=1S/C24H33NO/c1-23-11-4-3-7-21(23)22(26)14-17-19-9-8-18(16-6-5-13-25-15-16)24(19,2)12-10-20(17)23/h5-6,8,13,15,17,19-22,26H,3-4,7,9-12,14H2,1-2H3. The monoisotopic (exact) mass is 351 g/mol. The van der Waals surface area contributed by atoms with Gasteiger partial charge in [-0.25, -0.2) is 0 Å². The van der Waals surface area contributed by atoms with Crippen molar-refractivity contribution < 1.29 is 5.11 Å². The van der Waals surface area contributed by atoms with Crippen molar-refractivity contribution in [3.05, 3.63) is 36.2 Å². The molecule has 4 aliphatic rings. The summed E-state index contributed by atoms with van der Waals surface area (Å²) in [6, 6.07) is 4.29. The quantitative estimate of drug-likeness (QED) is 0.727. The molecule has 7 unspecified atom stereocenters. The smallest absolute Gasteiger partial charge is 0.0576 e. The van der Waals surface area contributed by atoms with Crippen LogP contribution in [-0.2, 0) is 0 Å². The third-order valence-corrected chi connectivity index (χ3v) is 9.14. The molecule has 140 valence electrons. The Bertz CT molecular complexity index is 712. The molecule has 0 amide bonds. The number of rotatable bonds is 1. The van der Waals surface area contributed by atoms with Gasteiger partial charge < -0.3 is 5.11 Å². The molecular formula is C24H33NO. The molecule has 1 heterocycles. The van der Waals surface area contributed by atoms with Crippen molar-refractivity contribution >= 4 is 5.57 Å². The zero-order valence-corrected chi connectivity index (χ0v) is 16.3. The third kappa shape index (κ3) is 2.24. The maximum absolute atomic E-state index is 11.1. The molecule has 3 saturated carbocycles. The van der Waals surface area contributed by atoms with Gasteiger partial charge in [-0.1, -0.05) is 38.8 Å². The number of hydrogen-bond acceptors (Lipinski definition) is 2. The molecule has 4 aliphatic carbocycles. The highest BCUT2D eigenvalue weighted by molar-refractivity contribution is 5.72. The Kier molecular flexibility index (Phi) is 3.87. The minimum atomic E-state index is -0.0775. The number of aliphatic hydroxyl groups is 1. The molecule has 2 heteroatoms. The normalized spacial score (nSPS) is 47.5. The number of nitrogens with zero attached hydrogens (tertiary/aromatic N) is 1. The summed E-state index contributed by atoms with van der Waals surface area (Å²) in [5, 5.41) is 11.1. The van der Waals surface area contributed by atoms with Gasteiger partial charge in [-0.05, 0) is 90.2 Å². The number of fused-ring (bicyclic) bond motifs is 5. The number of allylic oxidation sites excluding steroid dienone is 2. The van der Waals surface area contributed by atoms with Crippen LogP contribution in [0.4, 0.5) is 0 Å². The van der Waals surface area contributed by atoms with Gasteiger partial charge in [0.2, 0.25) is 0 Å². The Morgan fingerprint density at radius 2 is 1.96 bits per heavy atom. The van der Waals surface area contributed by atoms with E-state index in [1.165, 1.54) is 56.1 Å². The van der Waals surface area contributed by atoms with Gasteiger partial charge in [-0.15, -0.1) is 0 Å². The van der Waals surface area contributed by atoms with E-state index >= 15 is 0 Å². The maximum atomic E-state index is 11.1. The van der Waals surface area contributed by atoms with Gasteiger partial charge >= 0.3 is 0 Å². The summed E-state index contributed by atoms with van der Waals surface area (Å²) >= 11 is 0. The molecule has 2 nitrogen and oxygen atoms in total. The van der Waals surface area contributed by atoms with E-state index in [-0.39, 0.29) is 11.5 Å². The van der Waals surface area contributed by atoms with Gasteiger partial charge in [0.05, 0.1) is 6.10 Å². The minimum absolute atomic E-state index is 0.0775. The molecule has 0 saturated heterocycles. The summed E-state index contributed by atoms with van der Waals surface area (Å²) in [4.78, 5) is 4.38. The minimum Gasteiger partial charge on any atom is -0.393 e. The van der Waals surface area contributed by atoms with E-state index in [2.05, 4.69) is 37.0 Å². The van der Waals surface area contributed by atoms with E-state index in [1.54, 1.807) is 0 Å². The maximum Gasteiger partial charge on any atom is 0.0576 e. The van der Waals surface area contributed by atoms with Crippen molar-refractivity contribution in [3.63, 3.8) is 0 Å². The van der Waals surface area contributed by atoms with Crippen molar-refractivity contribution in [2.75, 3.05) is 0 Å². The Balaban J connectivity index is 1.48. The molecule has 3 fully saturated rings. The van der Waals surface area contributed by atoms with Crippen LogP contribution in [-0.4, -0.2) is 16.2 Å². The van der Waals surface area contributed by atoms with Gasteiger partial charge in [0.15, 0.2) is 0 Å². The molecule has 1 N–H and O–H groups in total. The van der Waals surface area contributed by atoms with E-state index in [0.717, 1.165) is 12.3 Å². The summed E-state index contributed by atoms with van der Waals surface area (Å²) in [6.07, 6.45) is 16.5. The summed E-state index contributed by atoms with van der Waals surface area (Å²) in [6.45, 7) is 5.03. The molecule has 0 aromatic carbocycles. The fourth-order valence-corrected chi connectivity index (χ4v) is 7.89. The second-order valence-corrected chi connectivity index (χ2v) is 10.1. The Labute approximate surface area is 158 Å². The molecule has 7 atom stereocenters. The molecule has 1 aromatic rings. The van der Waals surface area contributed by atoms with Gasteiger partial charge in [0, 0.05) is 12.4 Å². The van der Waals surface area contributed by atoms with Crippen molar-refractivity contribution in [3.8, 4) is 0 Å². The van der Waals surface area contributed by atoms with Crippen LogP contribution in [0.2, 0.25) is 0 Å². The number of hydrogen-bond donors (Lipinski definition) is 1. The first-order valence-electron chi connectivity index (χ1n) is 10.8. The van der Waals surface area contributed by atoms with Crippen LogP contribution in [0.3, 0.4) is 0 Å². The van der Waals surface area contributed by atoms with Crippen LogP contribution < -0.4 is 0 Å². The Morgan fingerprint density at radius 1 is 1.08 bits per heavy atom. The summed E-state index contributed by atoms with van der Waals surface area (Å²) in [5.74, 6) is 2.75. The van der Waals surface area contributed by atoms with E-state index in [9.17, 15) is 5.11 Å². The van der Waals surface area contributed by atoms with Crippen LogP contribution >= 0.6 is 0 Å².